The highest BCUT2D eigenvalue weighted by Crippen LogP contribution is 2.35. The number of ether oxygens (including phenoxy) is 4. The first kappa shape index (κ1) is 30.9. The first-order valence-corrected chi connectivity index (χ1v) is 14.6. The second-order valence-electron chi connectivity index (χ2n) is 10.3. The molecular weight excluding hydrogens is 570 g/mol. The predicted molar refractivity (Wildman–Crippen MR) is 175 cm³/mol. The number of aromatic amines is 1. The topological polar surface area (TPSA) is 111 Å². The lowest BCUT2D eigenvalue weighted by Gasteiger charge is -2.13. The summed E-state index contributed by atoms with van der Waals surface area (Å²) in [6, 6.07) is 23.8. The van der Waals surface area contributed by atoms with Crippen LogP contribution < -0.4 is 24.4 Å². The maximum Gasteiger partial charge on any atom is 0.343 e. The number of hydrogen-bond donors (Lipinski definition) is 2. The monoisotopic (exact) mass is 605 g/mol. The van der Waals surface area contributed by atoms with Crippen molar-refractivity contribution < 1.29 is 28.5 Å². The van der Waals surface area contributed by atoms with Crippen LogP contribution in [-0.4, -0.2) is 43.4 Å². The normalized spacial score (nSPS) is 11.0. The molecule has 0 unspecified atom stereocenters. The number of fused-ring (bicyclic) bond motifs is 1. The molecule has 230 valence electrons. The Morgan fingerprint density at radius 3 is 2.31 bits per heavy atom. The zero-order valence-electron chi connectivity index (χ0n) is 25.9. The van der Waals surface area contributed by atoms with Gasteiger partial charge in [0.05, 0.1) is 32.1 Å². The maximum atomic E-state index is 13.4. The number of nitrogens with zero attached hydrogens (tertiary/aromatic N) is 1. The van der Waals surface area contributed by atoms with Crippen LogP contribution in [0.3, 0.4) is 0 Å². The Labute approximate surface area is 261 Å². The summed E-state index contributed by atoms with van der Waals surface area (Å²) in [6.45, 7) is 8.68. The van der Waals surface area contributed by atoms with E-state index in [1.807, 2.05) is 58.0 Å². The average molecular weight is 606 g/mol. The van der Waals surface area contributed by atoms with E-state index in [0.717, 1.165) is 33.2 Å². The van der Waals surface area contributed by atoms with Crippen LogP contribution in [0.2, 0.25) is 0 Å². The minimum atomic E-state index is -0.580. The largest absolute Gasteiger partial charge is 0.493 e. The number of amides is 1. The van der Waals surface area contributed by atoms with Gasteiger partial charge in [-0.2, -0.15) is 5.10 Å². The fourth-order valence-electron chi connectivity index (χ4n) is 5.13. The molecule has 0 aliphatic rings. The summed E-state index contributed by atoms with van der Waals surface area (Å²) in [4.78, 5) is 29.7. The van der Waals surface area contributed by atoms with E-state index < -0.39 is 5.97 Å². The maximum absolute atomic E-state index is 13.4. The van der Waals surface area contributed by atoms with Gasteiger partial charge in [-0.3, -0.25) is 4.79 Å². The number of esters is 1. The van der Waals surface area contributed by atoms with E-state index in [0.29, 0.717) is 47.3 Å². The Morgan fingerprint density at radius 2 is 1.58 bits per heavy atom. The first-order valence-electron chi connectivity index (χ1n) is 14.6. The SMILES string of the molecule is CCOc1ccc(C(=O)Oc2ccc(C=NNC(=O)c3[nH]c4c(C)cc(C)cc4c3-c3ccccc3)cc2OC)cc1OCC. The van der Waals surface area contributed by atoms with Gasteiger partial charge in [0.25, 0.3) is 5.91 Å². The number of H-pyrrole nitrogens is 1. The fraction of sp³-hybridized carbons (Fsp3) is 0.194. The number of aryl methyl sites for hydroxylation is 2. The average Bonchev–Trinajstić information content (AvgIpc) is 3.43. The van der Waals surface area contributed by atoms with Crippen molar-refractivity contribution >= 4 is 29.0 Å². The van der Waals surface area contributed by atoms with E-state index >= 15 is 0 Å². The van der Waals surface area contributed by atoms with Gasteiger partial charge in [0.1, 0.15) is 5.69 Å². The van der Waals surface area contributed by atoms with Crippen molar-refractivity contribution in [1.82, 2.24) is 10.4 Å². The van der Waals surface area contributed by atoms with Crippen LogP contribution in [0.5, 0.6) is 23.0 Å². The summed E-state index contributed by atoms with van der Waals surface area (Å²) < 4.78 is 22.3. The molecule has 9 heteroatoms. The van der Waals surface area contributed by atoms with Crippen molar-refractivity contribution in [2.75, 3.05) is 20.3 Å². The number of nitrogens with one attached hydrogen (secondary N) is 2. The lowest BCUT2D eigenvalue weighted by Crippen LogP contribution is -2.18. The minimum absolute atomic E-state index is 0.228. The van der Waals surface area contributed by atoms with Crippen LogP contribution in [0, 0.1) is 13.8 Å². The molecule has 0 bridgehead atoms. The Hall–Kier alpha value is -5.57. The number of aromatic nitrogens is 1. The van der Waals surface area contributed by atoms with Gasteiger partial charge in [-0.1, -0.05) is 42.0 Å². The molecule has 2 N–H and O–H groups in total. The molecule has 45 heavy (non-hydrogen) atoms. The molecule has 0 fully saturated rings. The molecule has 1 aromatic heterocycles. The van der Waals surface area contributed by atoms with E-state index in [1.165, 1.54) is 13.3 Å². The van der Waals surface area contributed by atoms with Crippen molar-refractivity contribution in [3.63, 3.8) is 0 Å². The third kappa shape index (κ3) is 6.83. The summed E-state index contributed by atoms with van der Waals surface area (Å²) in [5.74, 6) is 0.606. The van der Waals surface area contributed by atoms with Crippen LogP contribution in [0.15, 0.2) is 84.0 Å². The van der Waals surface area contributed by atoms with Crippen LogP contribution in [0.4, 0.5) is 0 Å². The fourth-order valence-corrected chi connectivity index (χ4v) is 5.13. The number of carbonyl (C=O) groups excluding carboxylic acids is 2. The molecule has 0 spiro atoms. The molecule has 0 atom stereocenters. The number of methoxy groups -OCH3 is 1. The Balaban J connectivity index is 1.33. The second-order valence-corrected chi connectivity index (χ2v) is 10.3. The van der Waals surface area contributed by atoms with Gasteiger partial charge in [0.15, 0.2) is 23.0 Å². The summed E-state index contributed by atoms with van der Waals surface area (Å²) in [5, 5.41) is 5.17. The summed E-state index contributed by atoms with van der Waals surface area (Å²) in [7, 11) is 1.48. The molecule has 1 amide bonds. The van der Waals surface area contributed by atoms with E-state index in [4.69, 9.17) is 18.9 Å². The third-order valence-corrected chi connectivity index (χ3v) is 7.09. The van der Waals surface area contributed by atoms with Crippen molar-refractivity contribution in [2.45, 2.75) is 27.7 Å². The highest BCUT2D eigenvalue weighted by atomic mass is 16.6. The predicted octanol–water partition coefficient (Wildman–Crippen LogP) is 7.24. The number of carbonyl (C=O) groups is 2. The number of hydrazone groups is 1. The van der Waals surface area contributed by atoms with Crippen molar-refractivity contribution in [1.29, 1.82) is 0 Å². The molecule has 5 aromatic rings. The zero-order chi connectivity index (χ0) is 31.9. The highest BCUT2D eigenvalue weighted by Gasteiger charge is 2.21. The molecule has 0 aliphatic heterocycles. The minimum Gasteiger partial charge on any atom is -0.493 e. The van der Waals surface area contributed by atoms with Gasteiger partial charge in [0, 0.05) is 16.5 Å². The number of hydrogen-bond acceptors (Lipinski definition) is 7. The third-order valence-electron chi connectivity index (χ3n) is 7.09. The van der Waals surface area contributed by atoms with E-state index in [2.05, 4.69) is 27.6 Å². The van der Waals surface area contributed by atoms with Crippen molar-refractivity contribution in [3.8, 4) is 34.1 Å². The smallest absolute Gasteiger partial charge is 0.343 e. The summed E-state index contributed by atoms with van der Waals surface area (Å²) in [6.07, 6.45) is 1.49. The molecule has 4 aromatic carbocycles. The highest BCUT2D eigenvalue weighted by molar-refractivity contribution is 6.10. The van der Waals surface area contributed by atoms with E-state index in [9.17, 15) is 9.59 Å². The molecule has 0 aliphatic carbocycles. The van der Waals surface area contributed by atoms with Crippen LogP contribution in [0.1, 0.15) is 51.4 Å². The lowest BCUT2D eigenvalue weighted by molar-refractivity contribution is 0.0728. The number of benzene rings is 4. The summed E-state index contributed by atoms with van der Waals surface area (Å²) in [5.41, 5.74) is 8.79. The Kier molecular flexibility index (Phi) is 9.48. The van der Waals surface area contributed by atoms with Gasteiger partial charge in [-0.05, 0) is 86.8 Å². The molecule has 0 saturated carbocycles. The zero-order valence-corrected chi connectivity index (χ0v) is 25.9. The Bertz CT molecular complexity index is 1880. The van der Waals surface area contributed by atoms with Crippen LogP contribution in [0.25, 0.3) is 22.0 Å². The quantitative estimate of drug-likeness (QED) is 0.0711. The second kappa shape index (κ2) is 13.8. The van der Waals surface area contributed by atoms with Gasteiger partial charge in [-0.15, -0.1) is 0 Å². The van der Waals surface area contributed by atoms with E-state index in [-0.39, 0.29) is 11.7 Å². The molecule has 9 nitrogen and oxygen atoms in total. The van der Waals surface area contributed by atoms with Gasteiger partial charge >= 0.3 is 5.97 Å². The first-order chi connectivity index (χ1) is 21.8. The molecule has 5 rings (SSSR count). The van der Waals surface area contributed by atoms with Crippen LogP contribution >= 0.6 is 0 Å². The van der Waals surface area contributed by atoms with Gasteiger partial charge < -0.3 is 23.9 Å². The summed E-state index contributed by atoms with van der Waals surface area (Å²) >= 11 is 0. The van der Waals surface area contributed by atoms with Crippen molar-refractivity contribution in [3.05, 3.63) is 107 Å². The lowest BCUT2D eigenvalue weighted by atomic mass is 9.99. The van der Waals surface area contributed by atoms with Gasteiger partial charge in [0.2, 0.25) is 0 Å². The van der Waals surface area contributed by atoms with E-state index in [1.54, 1.807) is 36.4 Å². The molecule has 0 radical (unpaired) electrons. The Morgan fingerprint density at radius 1 is 0.844 bits per heavy atom. The molecule has 0 saturated heterocycles. The molecular formula is C36H35N3O6. The van der Waals surface area contributed by atoms with Gasteiger partial charge in [-0.25, -0.2) is 10.2 Å². The van der Waals surface area contributed by atoms with Crippen LogP contribution in [-0.2, 0) is 0 Å². The molecule has 1 heterocycles. The number of rotatable bonds is 11. The standard InChI is InChI=1S/C36H35N3O6/c1-6-43-28-16-14-26(20-31(28)44-7-2)36(41)45-29-15-13-24(19-30(29)42-5)21-37-39-35(40)34-32(25-11-9-8-10-12-25)27-18-22(3)17-23(4)33(27)38-34/h8-21,38H,6-7H2,1-5H3,(H,39,40). The van der Waals surface area contributed by atoms with Crippen molar-refractivity contribution in [2.24, 2.45) is 5.10 Å².